The van der Waals surface area contributed by atoms with Crippen molar-refractivity contribution in [2.24, 2.45) is 0 Å². The van der Waals surface area contributed by atoms with E-state index in [0.29, 0.717) is 10.4 Å². The first-order valence-corrected chi connectivity index (χ1v) is 6.64. The second-order valence-electron chi connectivity index (χ2n) is 3.56. The zero-order valence-electron chi connectivity index (χ0n) is 9.04. The number of amides is 1. The molecule has 0 spiro atoms. The minimum atomic E-state index is -0.655. The van der Waals surface area contributed by atoms with E-state index in [4.69, 9.17) is 0 Å². The fraction of sp³-hybridized carbons (Fsp3) is 0.0833. The monoisotopic (exact) mass is 331 g/mol. The van der Waals surface area contributed by atoms with Crippen LogP contribution in [-0.4, -0.2) is 5.91 Å². The standard InChI is InChI=1S/C12H8BrF2NOS/c13-11-2-1-10(18-11)12(17)16-6-7-3-8(14)5-9(15)4-7/h1-5H,6H2,(H,16,17). The first-order valence-electron chi connectivity index (χ1n) is 5.03. The second kappa shape index (κ2) is 5.58. The van der Waals surface area contributed by atoms with Gasteiger partial charge in [0.2, 0.25) is 0 Å². The average molecular weight is 332 g/mol. The molecular formula is C12H8BrF2NOS. The Morgan fingerprint density at radius 2 is 1.89 bits per heavy atom. The highest BCUT2D eigenvalue weighted by Gasteiger charge is 2.08. The number of halogens is 3. The van der Waals surface area contributed by atoms with Crippen LogP contribution in [0.15, 0.2) is 34.1 Å². The maximum atomic E-state index is 12.9. The molecule has 0 saturated heterocycles. The van der Waals surface area contributed by atoms with Gasteiger partial charge in [0, 0.05) is 12.6 Å². The number of carbonyl (C=O) groups is 1. The zero-order valence-corrected chi connectivity index (χ0v) is 11.4. The zero-order chi connectivity index (χ0) is 13.1. The number of thiophene rings is 1. The van der Waals surface area contributed by atoms with Gasteiger partial charge in [-0.3, -0.25) is 4.79 Å². The molecule has 0 aliphatic heterocycles. The van der Waals surface area contributed by atoms with Crippen LogP contribution in [0.4, 0.5) is 8.78 Å². The molecule has 94 valence electrons. The number of hydrogen-bond donors (Lipinski definition) is 1. The molecule has 1 N–H and O–H groups in total. The number of nitrogens with one attached hydrogen (secondary N) is 1. The predicted octanol–water partition coefficient (Wildman–Crippen LogP) is 3.72. The van der Waals surface area contributed by atoms with Crippen molar-refractivity contribution in [2.45, 2.75) is 6.54 Å². The Labute approximate surface area is 115 Å². The van der Waals surface area contributed by atoms with Crippen LogP contribution in [0.3, 0.4) is 0 Å². The van der Waals surface area contributed by atoms with Gasteiger partial charge in [0.15, 0.2) is 0 Å². The van der Waals surface area contributed by atoms with E-state index < -0.39 is 11.6 Å². The molecule has 18 heavy (non-hydrogen) atoms. The molecular weight excluding hydrogens is 324 g/mol. The van der Waals surface area contributed by atoms with Gasteiger partial charge >= 0.3 is 0 Å². The number of carbonyl (C=O) groups excluding carboxylic acids is 1. The Morgan fingerprint density at radius 3 is 2.44 bits per heavy atom. The summed E-state index contributed by atoms with van der Waals surface area (Å²) in [5.41, 5.74) is 0.386. The molecule has 0 atom stereocenters. The number of rotatable bonds is 3. The second-order valence-corrected chi connectivity index (χ2v) is 6.03. The molecule has 6 heteroatoms. The average Bonchev–Trinajstić information content (AvgIpc) is 2.71. The van der Waals surface area contributed by atoms with Crippen molar-refractivity contribution in [3.8, 4) is 0 Å². The van der Waals surface area contributed by atoms with Crippen molar-refractivity contribution >= 4 is 33.2 Å². The van der Waals surface area contributed by atoms with Gasteiger partial charge in [0.1, 0.15) is 11.6 Å². The van der Waals surface area contributed by atoms with Crippen molar-refractivity contribution in [3.63, 3.8) is 0 Å². The molecule has 2 aromatic rings. The first-order chi connectivity index (χ1) is 8.54. The Hall–Kier alpha value is -1.27. The van der Waals surface area contributed by atoms with Gasteiger partial charge in [-0.2, -0.15) is 0 Å². The highest BCUT2D eigenvalue weighted by Crippen LogP contribution is 2.21. The van der Waals surface area contributed by atoms with Gasteiger partial charge in [-0.15, -0.1) is 11.3 Å². The van der Waals surface area contributed by atoms with Crippen LogP contribution >= 0.6 is 27.3 Å². The lowest BCUT2D eigenvalue weighted by atomic mass is 10.2. The van der Waals surface area contributed by atoms with Crippen LogP contribution in [-0.2, 0) is 6.54 Å². The van der Waals surface area contributed by atoms with Gasteiger partial charge < -0.3 is 5.32 Å². The predicted molar refractivity (Wildman–Crippen MR) is 69.5 cm³/mol. The summed E-state index contributed by atoms with van der Waals surface area (Å²) in [4.78, 5) is 12.2. The van der Waals surface area contributed by atoms with Crippen molar-refractivity contribution in [1.82, 2.24) is 5.32 Å². The van der Waals surface area contributed by atoms with Crippen molar-refractivity contribution in [3.05, 3.63) is 56.2 Å². The minimum absolute atomic E-state index is 0.0863. The summed E-state index contributed by atoms with van der Waals surface area (Å²) in [5.74, 6) is -1.58. The fourth-order valence-corrected chi connectivity index (χ4v) is 2.72. The molecule has 0 aliphatic rings. The third-order valence-corrected chi connectivity index (χ3v) is 3.79. The Bertz CT molecular complexity index is 565. The van der Waals surface area contributed by atoms with Crippen LogP contribution in [0.25, 0.3) is 0 Å². The van der Waals surface area contributed by atoms with Gasteiger partial charge in [-0.05, 0) is 45.8 Å². The summed E-state index contributed by atoms with van der Waals surface area (Å²) < 4.78 is 26.7. The smallest absolute Gasteiger partial charge is 0.261 e. The summed E-state index contributed by atoms with van der Waals surface area (Å²) in [6.07, 6.45) is 0. The quantitative estimate of drug-likeness (QED) is 0.912. The molecule has 0 radical (unpaired) electrons. The van der Waals surface area contributed by atoms with Crippen LogP contribution in [0, 0.1) is 11.6 Å². The van der Waals surface area contributed by atoms with E-state index >= 15 is 0 Å². The van der Waals surface area contributed by atoms with E-state index in [1.807, 2.05) is 0 Å². The summed E-state index contributed by atoms with van der Waals surface area (Å²) in [6.45, 7) is 0.0863. The van der Waals surface area contributed by atoms with E-state index in [1.54, 1.807) is 12.1 Å². The fourth-order valence-electron chi connectivity index (χ4n) is 1.42. The van der Waals surface area contributed by atoms with Crippen molar-refractivity contribution in [1.29, 1.82) is 0 Å². The molecule has 0 fully saturated rings. The Balaban J connectivity index is 2.01. The highest BCUT2D eigenvalue weighted by atomic mass is 79.9. The molecule has 1 heterocycles. The molecule has 0 saturated carbocycles. The molecule has 0 aliphatic carbocycles. The summed E-state index contributed by atoms with van der Waals surface area (Å²) in [7, 11) is 0. The lowest BCUT2D eigenvalue weighted by Gasteiger charge is -2.04. The Kier molecular flexibility index (Phi) is 4.08. The molecule has 1 aromatic carbocycles. The number of benzene rings is 1. The molecule has 2 nitrogen and oxygen atoms in total. The third-order valence-electron chi connectivity index (χ3n) is 2.17. The topological polar surface area (TPSA) is 29.1 Å². The first kappa shape index (κ1) is 13.2. The Morgan fingerprint density at radius 1 is 1.22 bits per heavy atom. The van der Waals surface area contributed by atoms with Crippen LogP contribution in [0.1, 0.15) is 15.2 Å². The van der Waals surface area contributed by atoms with Crippen molar-refractivity contribution < 1.29 is 13.6 Å². The third kappa shape index (κ3) is 3.36. The van der Waals surface area contributed by atoms with Gasteiger partial charge in [-0.1, -0.05) is 0 Å². The van der Waals surface area contributed by atoms with Crippen LogP contribution in [0.5, 0.6) is 0 Å². The van der Waals surface area contributed by atoms with E-state index in [0.717, 1.165) is 9.85 Å². The van der Waals surface area contributed by atoms with Gasteiger partial charge in [-0.25, -0.2) is 8.78 Å². The maximum absolute atomic E-state index is 12.9. The minimum Gasteiger partial charge on any atom is -0.347 e. The van der Waals surface area contributed by atoms with Crippen molar-refractivity contribution in [2.75, 3.05) is 0 Å². The van der Waals surface area contributed by atoms with E-state index in [1.165, 1.54) is 23.5 Å². The van der Waals surface area contributed by atoms with E-state index in [9.17, 15) is 13.6 Å². The SMILES string of the molecule is O=C(NCc1cc(F)cc(F)c1)c1ccc(Br)s1. The van der Waals surface area contributed by atoms with Crippen LogP contribution in [0.2, 0.25) is 0 Å². The van der Waals surface area contributed by atoms with Gasteiger partial charge in [0.05, 0.1) is 8.66 Å². The molecule has 0 bridgehead atoms. The molecule has 0 unspecified atom stereocenters. The number of hydrogen-bond acceptors (Lipinski definition) is 2. The normalized spacial score (nSPS) is 10.4. The summed E-state index contributed by atoms with van der Waals surface area (Å²) in [6, 6.07) is 6.61. The molecule has 2 rings (SSSR count). The highest BCUT2D eigenvalue weighted by molar-refractivity contribution is 9.11. The van der Waals surface area contributed by atoms with Crippen LogP contribution < -0.4 is 5.32 Å². The van der Waals surface area contributed by atoms with E-state index in [2.05, 4.69) is 21.2 Å². The largest absolute Gasteiger partial charge is 0.347 e. The molecule has 1 aromatic heterocycles. The maximum Gasteiger partial charge on any atom is 0.261 e. The van der Waals surface area contributed by atoms with Gasteiger partial charge in [0.25, 0.3) is 5.91 Å². The summed E-state index contributed by atoms with van der Waals surface area (Å²) >= 11 is 4.55. The molecule has 1 amide bonds. The van der Waals surface area contributed by atoms with E-state index in [-0.39, 0.29) is 12.5 Å². The summed E-state index contributed by atoms with van der Waals surface area (Å²) in [5, 5.41) is 2.60. The lowest BCUT2D eigenvalue weighted by Crippen LogP contribution is -2.21. The lowest BCUT2D eigenvalue weighted by molar-refractivity contribution is 0.0955.